The molecule has 2 fully saturated rings. The van der Waals surface area contributed by atoms with Crippen molar-refractivity contribution in [3.8, 4) is 40.2 Å². The zero-order valence-corrected chi connectivity index (χ0v) is 33.0. The Balaban J connectivity index is 0.829. The SMILES string of the molecule is Cn1cc(-c2cc(C(C)(C)O)ccc2Oc2ccc(OC3CN(c4ccc(C(=O)NC5CCC(Oc6ccc(C#N)c(Cl)c6)CC5)nn4)C3)cc2)c2cc[nH]c2c1=O. The number of hydrogen-bond donors (Lipinski definition) is 3. The number of ether oxygens (including phenoxy) is 3. The number of fused-ring (bicyclic) bond motifs is 1. The quantitative estimate of drug-likeness (QED) is 0.121. The van der Waals surface area contributed by atoms with E-state index in [1.54, 1.807) is 63.6 Å². The maximum Gasteiger partial charge on any atom is 0.274 e. The number of aromatic amines is 1. The Morgan fingerprint density at radius 2 is 1.64 bits per heavy atom. The predicted molar refractivity (Wildman–Crippen MR) is 220 cm³/mol. The fraction of sp³-hybridized carbons (Fsp3) is 0.295. The lowest BCUT2D eigenvalue weighted by atomic mass is 9.93. The van der Waals surface area contributed by atoms with E-state index >= 15 is 0 Å². The van der Waals surface area contributed by atoms with Crippen LogP contribution in [0.25, 0.3) is 22.0 Å². The van der Waals surface area contributed by atoms with Crippen LogP contribution in [0.3, 0.4) is 0 Å². The number of nitriles is 1. The maximum atomic E-state index is 13.0. The number of aromatic nitrogens is 4. The molecule has 6 aromatic rings. The lowest BCUT2D eigenvalue weighted by molar-refractivity contribution is 0.0786. The van der Waals surface area contributed by atoms with E-state index in [1.165, 1.54) is 4.57 Å². The topological polar surface area (TPSA) is 168 Å². The first kappa shape index (κ1) is 38.5. The van der Waals surface area contributed by atoms with Crippen molar-refractivity contribution in [3.63, 3.8) is 0 Å². The van der Waals surface area contributed by atoms with Crippen molar-refractivity contribution in [1.29, 1.82) is 5.26 Å². The van der Waals surface area contributed by atoms with Crippen molar-refractivity contribution >= 4 is 34.2 Å². The molecular formula is C44H42ClN7O6. The van der Waals surface area contributed by atoms with Gasteiger partial charge in [-0.25, -0.2) is 0 Å². The molecule has 14 heteroatoms. The van der Waals surface area contributed by atoms with E-state index < -0.39 is 5.60 Å². The van der Waals surface area contributed by atoms with E-state index in [0.717, 1.165) is 42.2 Å². The third kappa shape index (κ3) is 8.20. The highest BCUT2D eigenvalue weighted by molar-refractivity contribution is 6.31. The van der Waals surface area contributed by atoms with Crippen LogP contribution in [0.4, 0.5) is 5.82 Å². The Hall–Kier alpha value is -6.36. The maximum absolute atomic E-state index is 13.0. The zero-order chi connectivity index (χ0) is 40.6. The summed E-state index contributed by atoms with van der Waals surface area (Å²) >= 11 is 6.14. The molecule has 13 nitrogen and oxygen atoms in total. The molecule has 0 atom stereocenters. The number of aliphatic hydroxyl groups is 1. The zero-order valence-electron chi connectivity index (χ0n) is 32.2. The number of carbonyl (C=O) groups excluding carboxylic acids is 1. The molecule has 1 aliphatic carbocycles. The lowest BCUT2D eigenvalue weighted by Crippen LogP contribution is -2.54. The minimum Gasteiger partial charge on any atom is -0.490 e. The average molecular weight is 800 g/mol. The molecule has 1 amide bonds. The van der Waals surface area contributed by atoms with Crippen molar-refractivity contribution in [2.24, 2.45) is 7.05 Å². The van der Waals surface area contributed by atoms with Crippen molar-refractivity contribution in [2.45, 2.75) is 63.4 Å². The highest BCUT2D eigenvalue weighted by atomic mass is 35.5. The molecule has 4 heterocycles. The molecule has 0 unspecified atom stereocenters. The average Bonchev–Trinajstić information content (AvgIpc) is 3.70. The molecule has 296 valence electrons. The summed E-state index contributed by atoms with van der Waals surface area (Å²) in [5.41, 5.74) is 2.20. The van der Waals surface area contributed by atoms with Gasteiger partial charge in [-0.3, -0.25) is 9.59 Å². The summed E-state index contributed by atoms with van der Waals surface area (Å²) in [4.78, 5) is 30.8. The van der Waals surface area contributed by atoms with E-state index in [2.05, 4.69) is 20.5 Å². The number of aryl methyl sites for hydroxylation is 1. The third-order valence-corrected chi connectivity index (χ3v) is 11.0. The van der Waals surface area contributed by atoms with E-state index in [-0.39, 0.29) is 35.4 Å². The molecule has 3 aromatic heterocycles. The Kier molecular flexibility index (Phi) is 10.5. The van der Waals surface area contributed by atoms with Gasteiger partial charge in [0.25, 0.3) is 11.5 Å². The summed E-state index contributed by atoms with van der Waals surface area (Å²) in [6.45, 7) is 4.69. The summed E-state index contributed by atoms with van der Waals surface area (Å²) in [6, 6.07) is 25.5. The van der Waals surface area contributed by atoms with Gasteiger partial charge in [-0.2, -0.15) is 5.26 Å². The highest BCUT2D eigenvalue weighted by Crippen LogP contribution is 2.39. The van der Waals surface area contributed by atoms with Crippen LogP contribution in [0.5, 0.6) is 23.0 Å². The summed E-state index contributed by atoms with van der Waals surface area (Å²) in [5, 5.41) is 32.6. The van der Waals surface area contributed by atoms with E-state index in [9.17, 15) is 14.7 Å². The number of benzene rings is 3. The second-order valence-electron chi connectivity index (χ2n) is 15.3. The number of pyridine rings is 1. The number of nitrogens with one attached hydrogen (secondary N) is 2. The molecule has 58 heavy (non-hydrogen) atoms. The molecule has 3 aromatic carbocycles. The molecule has 1 aliphatic heterocycles. The van der Waals surface area contributed by atoms with Gasteiger partial charge in [-0.15, -0.1) is 10.2 Å². The van der Waals surface area contributed by atoms with Crippen molar-refractivity contribution in [2.75, 3.05) is 18.0 Å². The third-order valence-electron chi connectivity index (χ3n) is 10.7. The van der Waals surface area contributed by atoms with Crippen LogP contribution in [-0.4, -0.2) is 62.1 Å². The number of H-pyrrole nitrogens is 1. The first-order valence-corrected chi connectivity index (χ1v) is 19.5. The second kappa shape index (κ2) is 15.9. The predicted octanol–water partition coefficient (Wildman–Crippen LogP) is 7.26. The number of hydrogen-bond acceptors (Lipinski definition) is 10. The number of anilines is 1. The summed E-state index contributed by atoms with van der Waals surface area (Å²) in [7, 11) is 1.71. The molecule has 0 spiro atoms. The minimum atomic E-state index is -1.09. The second-order valence-corrected chi connectivity index (χ2v) is 15.7. The van der Waals surface area contributed by atoms with Crippen molar-refractivity contribution < 1.29 is 24.1 Å². The fourth-order valence-electron chi connectivity index (χ4n) is 7.35. The van der Waals surface area contributed by atoms with Crippen LogP contribution in [0.2, 0.25) is 5.02 Å². The first-order chi connectivity index (χ1) is 27.9. The van der Waals surface area contributed by atoms with Gasteiger partial charge in [0.15, 0.2) is 11.5 Å². The number of rotatable bonds is 11. The van der Waals surface area contributed by atoms with Crippen LogP contribution in [0, 0.1) is 11.3 Å². The lowest BCUT2D eigenvalue weighted by Gasteiger charge is -2.39. The molecular weight excluding hydrogens is 758 g/mol. The molecule has 2 aliphatic rings. The number of halogens is 1. The van der Waals surface area contributed by atoms with Gasteiger partial charge >= 0.3 is 0 Å². The van der Waals surface area contributed by atoms with Crippen LogP contribution in [0.1, 0.15) is 61.1 Å². The van der Waals surface area contributed by atoms with E-state index in [0.29, 0.717) is 63.6 Å². The van der Waals surface area contributed by atoms with Crippen LogP contribution in [0.15, 0.2) is 96.1 Å². The van der Waals surface area contributed by atoms with Crippen LogP contribution >= 0.6 is 11.6 Å². The standard InChI is InChI=1S/C44H42ClN7O6/c1-44(2,55)27-5-16-39(35(20-27)36-25-51(3)43(54)41-34(36)18-19-47-41)58-31-13-11-30(12-14-31)57-33-23-52(24-33)40-17-15-38(49-50-40)42(53)48-28-6-9-29(10-7-28)56-32-8-4-26(22-46)37(45)21-32/h4-5,8,11-21,25,28-29,33,47,55H,6-7,9-10,23-24H2,1-3H3,(H,48,53). The first-order valence-electron chi connectivity index (χ1n) is 19.2. The molecule has 1 saturated carbocycles. The van der Waals surface area contributed by atoms with Gasteiger partial charge in [0, 0.05) is 48.1 Å². The van der Waals surface area contributed by atoms with E-state index in [1.807, 2.05) is 59.5 Å². The van der Waals surface area contributed by atoms with Gasteiger partial charge in [0.1, 0.15) is 40.7 Å². The van der Waals surface area contributed by atoms with Gasteiger partial charge in [0.2, 0.25) is 0 Å². The van der Waals surface area contributed by atoms with Crippen molar-refractivity contribution in [1.82, 2.24) is 25.1 Å². The molecule has 0 bridgehead atoms. The van der Waals surface area contributed by atoms with Gasteiger partial charge in [-0.05, 0) is 112 Å². The molecule has 0 radical (unpaired) electrons. The Labute approximate surface area is 339 Å². The largest absolute Gasteiger partial charge is 0.490 e. The number of nitrogens with zero attached hydrogens (tertiary/aromatic N) is 5. The van der Waals surface area contributed by atoms with Crippen LogP contribution in [-0.2, 0) is 12.6 Å². The number of amides is 1. The molecule has 3 N–H and O–H groups in total. The Morgan fingerprint density at radius 3 is 2.33 bits per heavy atom. The monoisotopic (exact) mass is 799 g/mol. The fourth-order valence-corrected chi connectivity index (χ4v) is 7.56. The Bertz CT molecular complexity index is 2560. The van der Waals surface area contributed by atoms with Gasteiger partial charge in [-0.1, -0.05) is 17.7 Å². The minimum absolute atomic E-state index is 0.00926. The molecule has 8 rings (SSSR count). The molecule has 1 saturated heterocycles. The smallest absolute Gasteiger partial charge is 0.274 e. The van der Waals surface area contributed by atoms with Crippen molar-refractivity contribution in [3.05, 3.63) is 123 Å². The number of carbonyl (C=O) groups is 1. The van der Waals surface area contributed by atoms with E-state index in [4.69, 9.17) is 31.1 Å². The highest BCUT2D eigenvalue weighted by Gasteiger charge is 2.31. The summed E-state index contributed by atoms with van der Waals surface area (Å²) in [6.07, 6.45) is 6.57. The summed E-state index contributed by atoms with van der Waals surface area (Å²) < 4.78 is 20.2. The van der Waals surface area contributed by atoms with Crippen LogP contribution < -0.4 is 30.0 Å². The summed E-state index contributed by atoms with van der Waals surface area (Å²) in [5.74, 6) is 2.91. The van der Waals surface area contributed by atoms with Gasteiger partial charge in [0.05, 0.1) is 35.4 Å². The van der Waals surface area contributed by atoms with Gasteiger partial charge < -0.3 is 39.1 Å². The normalized spacial score (nSPS) is 17.0. The Morgan fingerprint density at radius 1 is 0.914 bits per heavy atom.